The molecule has 3 nitrogen and oxygen atoms in total. The number of hydrogen-bond donors (Lipinski definition) is 1. The average molecular weight is 250 g/mol. The second-order valence-electron chi connectivity index (χ2n) is 5.12. The summed E-state index contributed by atoms with van der Waals surface area (Å²) < 4.78 is 10.9. The first kappa shape index (κ1) is 13.4. The van der Waals surface area contributed by atoms with E-state index in [1.807, 2.05) is 19.9 Å². The molecule has 2 unspecified atom stereocenters. The van der Waals surface area contributed by atoms with Gasteiger partial charge in [-0.25, -0.2) is 0 Å². The van der Waals surface area contributed by atoms with Crippen molar-refractivity contribution in [3.8, 4) is 5.75 Å². The highest BCUT2D eigenvalue weighted by molar-refractivity contribution is 5.44. The van der Waals surface area contributed by atoms with E-state index in [4.69, 9.17) is 9.47 Å². The topological polar surface area (TPSA) is 38.7 Å². The van der Waals surface area contributed by atoms with Gasteiger partial charge >= 0.3 is 0 Å². The third-order valence-electron chi connectivity index (χ3n) is 3.65. The Morgan fingerprint density at radius 2 is 2.17 bits per heavy atom. The fraction of sp³-hybridized carbons (Fsp3) is 0.600. The second-order valence-corrected chi connectivity index (χ2v) is 5.12. The molecule has 2 rings (SSSR count). The molecule has 1 aromatic carbocycles. The van der Waals surface area contributed by atoms with E-state index in [2.05, 4.69) is 6.07 Å². The Bertz CT molecular complexity index is 408. The second kappa shape index (κ2) is 5.72. The number of ether oxygens (including phenoxy) is 2. The smallest absolute Gasteiger partial charge is 0.125 e. The van der Waals surface area contributed by atoms with Crippen LogP contribution in [0.15, 0.2) is 12.1 Å². The molecule has 0 amide bonds. The summed E-state index contributed by atoms with van der Waals surface area (Å²) in [5.74, 6) is 0.958. The van der Waals surface area contributed by atoms with Crippen molar-refractivity contribution in [3.05, 3.63) is 28.8 Å². The van der Waals surface area contributed by atoms with Gasteiger partial charge in [-0.2, -0.15) is 0 Å². The van der Waals surface area contributed by atoms with Crippen molar-refractivity contribution in [2.75, 3.05) is 20.3 Å². The van der Waals surface area contributed by atoms with E-state index < -0.39 is 6.10 Å². The normalized spacial score (nSPS) is 21.7. The van der Waals surface area contributed by atoms with Crippen LogP contribution in [0, 0.1) is 19.8 Å². The van der Waals surface area contributed by atoms with Gasteiger partial charge in [0.05, 0.1) is 19.8 Å². The van der Waals surface area contributed by atoms with E-state index in [1.165, 1.54) is 0 Å². The van der Waals surface area contributed by atoms with Crippen LogP contribution in [-0.2, 0) is 4.74 Å². The summed E-state index contributed by atoms with van der Waals surface area (Å²) in [6, 6.07) is 4.07. The van der Waals surface area contributed by atoms with E-state index >= 15 is 0 Å². The van der Waals surface area contributed by atoms with Crippen molar-refractivity contribution in [1.29, 1.82) is 0 Å². The maximum atomic E-state index is 10.6. The largest absolute Gasteiger partial charge is 0.496 e. The zero-order valence-electron chi connectivity index (χ0n) is 11.4. The highest BCUT2D eigenvalue weighted by Gasteiger charge is 2.27. The first-order valence-corrected chi connectivity index (χ1v) is 6.54. The van der Waals surface area contributed by atoms with Gasteiger partial charge < -0.3 is 14.6 Å². The van der Waals surface area contributed by atoms with Crippen LogP contribution in [0.1, 0.15) is 35.6 Å². The molecular weight excluding hydrogens is 228 g/mol. The molecule has 100 valence electrons. The van der Waals surface area contributed by atoms with Crippen LogP contribution in [0.3, 0.4) is 0 Å². The van der Waals surface area contributed by atoms with Gasteiger partial charge in [0.2, 0.25) is 0 Å². The van der Waals surface area contributed by atoms with Crippen molar-refractivity contribution in [2.24, 2.45) is 5.92 Å². The fourth-order valence-electron chi connectivity index (χ4n) is 2.74. The van der Waals surface area contributed by atoms with Crippen LogP contribution in [0.4, 0.5) is 0 Å². The number of methoxy groups -OCH3 is 1. The first-order chi connectivity index (χ1) is 8.63. The molecule has 3 heteroatoms. The third kappa shape index (κ3) is 2.68. The SMILES string of the molecule is COc1cc(C)cc(C)c1C(O)C1CCCOC1. The number of aliphatic hydroxyl groups excluding tert-OH is 1. The van der Waals surface area contributed by atoms with E-state index in [9.17, 15) is 5.11 Å². The van der Waals surface area contributed by atoms with Gasteiger partial charge in [0, 0.05) is 18.1 Å². The summed E-state index contributed by atoms with van der Waals surface area (Å²) in [5.41, 5.74) is 3.16. The lowest BCUT2D eigenvalue weighted by atomic mass is 9.88. The Balaban J connectivity index is 2.30. The lowest BCUT2D eigenvalue weighted by Crippen LogP contribution is -2.24. The van der Waals surface area contributed by atoms with Gasteiger partial charge in [-0.1, -0.05) is 6.07 Å². The minimum absolute atomic E-state index is 0.175. The van der Waals surface area contributed by atoms with Gasteiger partial charge in [-0.3, -0.25) is 0 Å². The number of aliphatic hydroxyl groups is 1. The molecule has 1 N–H and O–H groups in total. The first-order valence-electron chi connectivity index (χ1n) is 6.54. The summed E-state index contributed by atoms with van der Waals surface area (Å²) >= 11 is 0. The van der Waals surface area contributed by atoms with Gasteiger partial charge in [-0.05, 0) is 43.9 Å². The molecule has 0 saturated carbocycles. The van der Waals surface area contributed by atoms with Gasteiger partial charge in [0.15, 0.2) is 0 Å². The van der Waals surface area contributed by atoms with Crippen LogP contribution in [-0.4, -0.2) is 25.4 Å². The van der Waals surface area contributed by atoms with E-state index in [0.29, 0.717) is 6.61 Å². The molecule has 1 aliphatic rings. The fourth-order valence-corrected chi connectivity index (χ4v) is 2.74. The Kier molecular flexibility index (Phi) is 4.25. The highest BCUT2D eigenvalue weighted by atomic mass is 16.5. The van der Waals surface area contributed by atoms with E-state index in [1.54, 1.807) is 7.11 Å². The molecule has 0 spiro atoms. The van der Waals surface area contributed by atoms with Crippen LogP contribution in [0.5, 0.6) is 5.75 Å². The summed E-state index contributed by atoms with van der Waals surface area (Å²) in [7, 11) is 1.65. The predicted octanol–water partition coefficient (Wildman–Crippen LogP) is 2.77. The Morgan fingerprint density at radius 1 is 1.39 bits per heavy atom. The predicted molar refractivity (Wildman–Crippen MR) is 71.0 cm³/mol. The van der Waals surface area contributed by atoms with Crippen molar-refractivity contribution >= 4 is 0 Å². The summed E-state index contributed by atoms with van der Waals surface area (Å²) in [6.07, 6.45) is 1.54. The molecule has 1 saturated heterocycles. The zero-order chi connectivity index (χ0) is 13.1. The van der Waals surface area contributed by atoms with Crippen molar-refractivity contribution in [3.63, 3.8) is 0 Å². The Hall–Kier alpha value is -1.06. The number of hydrogen-bond acceptors (Lipinski definition) is 3. The van der Waals surface area contributed by atoms with Gasteiger partial charge in [0.25, 0.3) is 0 Å². The van der Waals surface area contributed by atoms with Crippen LogP contribution < -0.4 is 4.74 Å². The van der Waals surface area contributed by atoms with Crippen LogP contribution >= 0.6 is 0 Å². The van der Waals surface area contributed by atoms with E-state index in [-0.39, 0.29) is 5.92 Å². The molecule has 2 atom stereocenters. The maximum absolute atomic E-state index is 10.6. The van der Waals surface area contributed by atoms with Crippen molar-refractivity contribution in [1.82, 2.24) is 0 Å². The molecule has 1 fully saturated rings. The van der Waals surface area contributed by atoms with Crippen LogP contribution in [0.2, 0.25) is 0 Å². The molecule has 1 aromatic rings. The minimum atomic E-state index is -0.499. The molecule has 0 bridgehead atoms. The average Bonchev–Trinajstić information content (AvgIpc) is 2.38. The maximum Gasteiger partial charge on any atom is 0.125 e. The molecule has 1 aliphatic heterocycles. The van der Waals surface area contributed by atoms with Gasteiger partial charge in [-0.15, -0.1) is 0 Å². The molecule has 0 aromatic heterocycles. The summed E-state index contributed by atoms with van der Waals surface area (Å²) in [4.78, 5) is 0. The quantitative estimate of drug-likeness (QED) is 0.896. The molecule has 18 heavy (non-hydrogen) atoms. The highest BCUT2D eigenvalue weighted by Crippen LogP contribution is 2.36. The lowest BCUT2D eigenvalue weighted by Gasteiger charge is -2.29. The number of benzene rings is 1. The molecule has 0 radical (unpaired) electrons. The monoisotopic (exact) mass is 250 g/mol. The Morgan fingerprint density at radius 3 is 2.78 bits per heavy atom. The minimum Gasteiger partial charge on any atom is -0.496 e. The standard InChI is InChI=1S/C15H22O3/c1-10-7-11(2)14(13(8-10)17-3)15(16)12-5-4-6-18-9-12/h7-8,12,15-16H,4-6,9H2,1-3H3. The number of aryl methyl sites for hydroxylation is 2. The summed E-state index contributed by atoms with van der Waals surface area (Å²) in [6.45, 7) is 5.51. The van der Waals surface area contributed by atoms with Crippen LogP contribution in [0.25, 0.3) is 0 Å². The Labute approximate surface area is 109 Å². The lowest BCUT2D eigenvalue weighted by molar-refractivity contribution is -0.0109. The van der Waals surface area contributed by atoms with E-state index in [0.717, 1.165) is 41.9 Å². The summed E-state index contributed by atoms with van der Waals surface area (Å²) in [5, 5.41) is 10.6. The van der Waals surface area contributed by atoms with Crippen molar-refractivity contribution in [2.45, 2.75) is 32.8 Å². The van der Waals surface area contributed by atoms with Crippen molar-refractivity contribution < 1.29 is 14.6 Å². The molecule has 0 aliphatic carbocycles. The number of rotatable bonds is 3. The molecule has 1 heterocycles. The zero-order valence-corrected chi connectivity index (χ0v) is 11.4. The van der Waals surface area contributed by atoms with Gasteiger partial charge in [0.1, 0.15) is 5.75 Å². The third-order valence-corrected chi connectivity index (χ3v) is 3.65. The molecular formula is C15H22O3.